The normalized spacial score (nSPS) is 20.1. The number of hydrogen-bond donors (Lipinski definition) is 0. The maximum absolute atomic E-state index is 4.05. The van der Waals surface area contributed by atoms with E-state index in [0.717, 1.165) is 0 Å². The second-order valence-electron chi connectivity index (χ2n) is 2.21. The number of rotatable bonds is 2. The molecule has 0 radical (unpaired) electrons. The van der Waals surface area contributed by atoms with Gasteiger partial charge in [-0.1, -0.05) is 0 Å². The molecule has 0 fully saturated rings. The van der Waals surface area contributed by atoms with Crippen molar-refractivity contribution >= 4 is 19.8 Å². The van der Waals surface area contributed by atoms with Gasteiger partial charge in [0.05, 0.1) is 0 Å². The second kappa shape index (κ2) is 3.96. The van der Waals surface area contributed by atoms with Gasteiger partial charge in [0, 0.05) is 0 Å². The third kappa shape index (κ3) is 1.97. The van der Waals surface area contributed by atoms with Gasteiger partial charge in [-0.25, -0.2) is 0 Å². The molecule has 1 aliphatic heterocycles. The molecule has 0 saturated heterocycles. The summed E-state index contributed by atoms with van der Waals surface area (Å²) in [7, 11) is 0. The summed E-state index contributed by atoms with van der Waals surface area (Å²) in [6, 6.07) is 0. The van der Waals surface area contributed by atoms with Crippen molar-refractivity contribution in [1.82, 2.24) is 0 Å². The van der Waals surface area contributed by atoms with Crippen molar-refractivity contribution in [3.63, 3.8) is 0 Å². The Labute approximate surface area is 70.1 Å². The van der Waals surface area contributed by atoms with Crippen molar-refractivity contribution in [2.45, 2.75) is 13.3 Å². The fourth-order valence-corrected chi connectivity index (χ4v) is 4.93. The van der Waals surface area contributed by atoms with Crippen LogP contribution >= 0.6 is 19.8 Å². The van der Waals surface area contributed by atoms with Gasteiger partial charge in [-0.15, -0.1) is 0 Å². The fraction of sp³-hybridized carbons (Fsp3) is 0.333. The zero-order valence-electron chi connectivity index (χ0n) is 6.31. The molecule has 0 nitrogen and oxygen atoms in total. The molecule has 0 N–H and O–H groups in total. The summed E-state index contributed by atoms with van der Waals surface area (Å²) in [6.07, 6.45) is 7.74. The van der Waals surface area contributed by atoms with Gasteiger partial charge in [-0.05, 0) is 0 Å². The van der Waals surface area contributed by atoms with Gasteiger partial charge < -0.3 is 0 Å². The number of halogens is 1. The van der Waals surface area contributed by atoms with Gasteiger partial charge >= 0.3 is 70.1 Å². The quantitative estimate of drug-likeness (QED) is 0.518. The van der Waals surface area contributed by atoms with E-state index in [1.54, 1.807) is 0 Å². The molecule has 0 spiro atoms. The molecule has 0 saturated carbocycles. The first-order chi connectivity index (χ1) is 4.84. The van der Waals surface area contributed by atoms with E-state index < -0.39 is 19.8 Å². The summed E-state index contributed by atoms with van der Waals surface area (Å²) in [5, 5.41) is 0. The third-order valence-electron chi connectivity index (χ3n) is 1.32. The summed E-state index contributed by atoms with van der Waals surface area (Å²) >= 11 is -0.847. The third-order valence-corrected chi connectivity index (χ3v) is 6.98. The van der Waals surface area contributed by atoms with Crippen LogP contribution < -0.4 is 0 Å². The summed E-state index contributed by atoms with van der Waals surface area (Å²) in [4.78, 5) is 0. The molecule has 0 unspecified atom stereocenters. The molecule has 0 aliphatic carbocycles. The van der Waals surface area contributed by atoms with Crippen LogP contribution in [0, 0.1) is 0 Å². The number of allylic oxidation sites excluding steroid dienone is 4. The van der Waals surface area contributed by atoms with Crippen LogP contribution in [0.15, 0.2) is 32.5 Å². The molecule has 0 aromatic heterocycles. The second-order valence-corrected chi connectivity index (χ2v) is 7.66. The van der Waals surface area contributed by atoms with Crippen molar-refractivity contribution in [1.29, 1.82) is 0 Å². The van der Waals surface area contributed by atoms with E-state index in [1.807, 2.05) is 0 Å². The van der Waals surface area contributed by atoms with Crippen LogP contribution in [0.5, 0.6) is 0 Å². The predicted molar refractivity (Wildman–Crippen MR) is 56.6 cm³/mol. The molecule has 0 bridgehead atoms. The first-order valence-electron chi connectivity index (χ1n) is 3.52. The van der Waals surface area contributed by atoms with Crippen molar-refractivity contribution in [3.05, 3.63) is 32.5 Å². The molecule has 1 rings (SSSR count). The predicted octanol–water partition coefficient (Wildman–Crippen LogP) is 3.50. The standard InChI is InChI=1S/C9H13I/c1-3-7-10-8-5-4-6-9(10)2/h4-6,8H,2-3,7H2,1H3. The minimum absolute atomic E-state index is 0.847. The van der Waals surface area contributed by atoms with Gasteiger partial charge in [0.25, 0.3) is 0 Å². The summed E-state index contributed by atoms with van der Waals surface area (Å²) < 4.78 is 5.19. The van der Waals surface area contributed by atoms with Gasteiger partial charge in [0.2, 0.25) is 0 Å². The topological polar surface area (TPSA) is 0 Å². The van der Waals surface area contributed by atoms with E-state index in [9.17, 15) is 0 Å². The van der Waals surface area contributed by atoms with Crippen LogP contribution in [0.25, 0.3) is 0 Å². The summed E-state index contributed by atoms with van der Waals surface area (Å²) in [6.45, 7) is 6.29. The van der Waals surface area contributed by atoms with E-state index >= 15 is 0 Å². The average molecular weight is 248 g/mol. The van der Waals surface area contributed by atoms with Crippen LogP contribution in [-0.2, 0) is 0 Å². The Morgan fingerprint density at radius 1 is 1.50 bits per heavy atom. The van der Waals surface area contributed by atoms with Crippen LogP contribution in [0.2, 0.25) is 0 Å². The molecule has 0 atom stereocenters. The molecular weight excluding hydrogens is 235 g/mol. The van der Waals surface area contributed by atoms with E-state index in [-0.39, 0.29) is 0 Å². The monoisotopic (exact) mass is 248 g/mol. The Morgan fingerprint density at radius 3 is 2.90 bits per heavy atom. The van der Waals surface area contributed by atoms with Crippen molar-refractivity contribution in [3.8, 4) is 0 Å². The molecule has 0 aromatic rings. The van der Waals surface area contributed by atoms with Crippen molar-refractivity contribution < 1.29 is 0 Å². The van der Waals surface area contributed by atoms with Gasteiger partial charge in [0.1, 0.15) is 0 Å². The molecule has 1 heterocycles. The SMILES string of the molecule is C=C1C=CC=CI1CCC. The van der Waals surface area contributed by atoms with Crippen LogP contribution in [0.1, 0.15) is 13.3 Å². The Morgan fingerprint density at radius 2 is 2.30 bits per heavy atom. The van der Waals surface area contributed by atoms with Gasteiger partial charge in [-0.3, -0.25) is 0 Å². The van der Waals surface area contributed by atoms with Crippen molar-refractivity contribution in [2.75, 3.05) is 4.43 Å². The molecular formula is C9H13I. The zero-order valence-corrected chi connectivity index (χ0v) is 8.47. The summed E-state index contributed by atoms with van der Waals surface area (Å²) in [5.74, 6) is 0. The summed E-state index contributed by atoms with van der Waals surface area (Å²) in [5.41, 5.74) is 0. The van der Waals surface area contributed by atoms with Crippen LogP contribution in [-0.4, -0.2) is 4.43 Å². The average Bonchev–Trinajstić information content (AvgIpc) is 1.94. The first-order valence-corrected chi connectivity index (χ1v) is 7.37. The van der Waals surface area contributed by atoms with E-state index in [2.05, 4.69) is 35.8 Å². The van der Waals surface area contributed by atoms with Crippen LogP contribution in [0.3, 0.4) is 0 Å². The number of alkyl halides is 1. The molecule has 0 amide bonds. The fourth-order valence-electron chi connectivity index (χ4n) is 0.840. The molecule has 56 valence electrons. The Bertz CT molecular complexity index is 177. The molecule has 1 heteroatoms. The zero-order chi connectivity index (χ0) is 7.40. The maximum atomic E-state index is 4.05. The van der Waals surface area contributed by atoms with E-state index in [4.69, 9.17) is 0 Å². The Hall–Kier alpha value is -0.0500. The van der Waals surface area contributed by atoms with Gasteiger partial charge in [0.15, 0.2) is 0 Å². The molecule has 0 aromatic carbocycles. The van der Waals surface area contributed by atoms with Crippen molar-refractivity contribution in [2.24, 2.45) is 0 Å². The van der Waals surface area contributed by atoms with Gasteiger partial charge in [-0.2, -0.15) is 0 Å². The van der Waals surface area contributed by atoms with E-state index in [0.29, 0.717) is 0 Å². The first kappa shape index (κ1) is 8.05. The molecule has 1 aliphatic rings. The van der Waals surface area contributed by atoms with E-state index in [1.165, 1.54) is 14.4 Å². The Kier molecular flexibility index (Phi) is 3.19. The minimum atomic E-state index is -0.847. The Balaban J connectivity index is 2.53. The number of hydrogen-bond acceptors (Lipinski definition) is 0. The van der Waals surface area contributed by atoms with Crippen LogP contribution in [0.4, 0.5) is 0 Å². The molecule has 10 heavy (non-hydrogen) atoms.